The van der Waals surface area contributed by atoms with E-state index in [1.54, 1.807) is 21.8 Å². The summed E-state index contributed by atoms with van der Waals surface area (Å²) in [4.78, 5) is 35.7. The highest BCUT2D eigenvalue weighted by Crippen LogP contribution is 2.32. The number of benzene rings is 4. The van der Waals surface area contributed by atoms with E-state index in [1.807, 2.05) is 62.4 Å². The van der Waals surface area contributed by atoms with Crippen LogP contribution in [0.25, 0.3) is 11.4 Å². The van der Waals surface area contributed by atoms with Crippen molar-refractivity contribution in [3.63, 3.8) is 0 Å². The summed E-state index contributed by atoms with van der Waals surface area (Å²) in [6.45, 7) is 3.73. The summed E-state index contributed by atoms with van der Waals surface area (Å²) >= 11 is 6.86. The third kappa shape index (κ3) is 7.48. The van der Waals surface area contributed by atoms with Crippen LogP contribution in [0.5, 0.6) is 11.5 Å². The Hall–Kier alpha value is -5.67. The van der Waals surface area contributed by atoms with Crippen LogP contribution in [0.2, 0.25) is 0 Å². The fourth-order valence-corrected chi connectivity index (χ4v) is 5.87. The highest BCUT2D eigenvalue weighted by Gasteiger charge is 2.22. The fraction of sp³-hybridized carbons (Fsp3) is 0.114. The number of hydrogen-bond acceptors (Lipinski definition) is 9. The van der Waals surface area contributed by atoms with Gasteiger partial charge in [0, 0.05) is 57.2 Å². The molecule has 15 heteroatoms. The molecule has 0 unspecified atom stereocenters. The second kappa shape index (κ2) is 14.4. The molecule has 0 radical (unpaired) electrons. The van der Waals surface area contributed by atoms with Gasteiger partial charge in [-0.15, -0.1) is 0 Å². The monoisotopic (exact) mass is 800 g/mol. The topological polar surface area (TPSA) is 157 Å². The maximum absolute atomic E-state index is 13.3. The number of nitro benzene ring substituents is 2. The molecule has 50 heavy (non-hydrogen) atoms. The Morgan fingerprint density at radius 3 is 1.40 bits per heavy atom. The molecule has 6 rings (SSSR count). The molecular weight excluding hydrogens is 776 g/mol. The highest BCUT2D eigenvalue weighted by molar-refractivity contribution is 9.10. The van der Waals surface area contributed by atoms with Gasteiger partial charge >= 0.3 is 6.16 Å². The van der Waals surface area contributed by atoms with Crippen LogP contribution < -0.4 is 9.47 Å². The number of carbonyl (C=O) groups excluding carboxylic acids is 1. The van der Waals surface area contributed by atoms with Crippen molar-refractivity contribution >= 4 is 49.4 Å². The van der Waals surface area contributed by atoms with E-state index in [-0.39, 0.29) is 35.7 Å². The molecule has 0 saturated carbocycles. The third-order valence-electron chi connectivity index (χ3n) is 7.91. The van der Waals surface area contributed by atoms with Crippen molar-refractivity contribution in [1.82, 2.24) is 19.6 Å². The number of aromatic nitrogens is 4. The van der Waals surface area contributed by atoms with Gasteiger partial charge in [-0.2, -0.15) is 10.2 Å². The standard InChI is InChI=1S/C35H26Br2N6O7/c1-21-19-38-40(27-7-3-25(36)4-8-27)31(21)17-23-15-29(42(45)46)11-13-33(23)49-35(44)50-34-14-12-30(43(47)48)16-24(34)18-32-22(2)20-39-41(32)28-9-5-26(37)6-10-28/h3-16,19-20H,17-18H2,1-2H3. The summed E-state index contributed by atoms with van der Waals surface area (Å²) in [6, 6.07) is 22.8. The molecule has 252 valence electrons. The van der Waals surface area contributed by atoms with E-state index in [0.29, 0.717) is 11.1 Å². The molecule has 0 saturated heterocycles. The third-order valence-corrected chi connectivity index (χ3v) is 8.97. The molecule has 0 fully saturated rings. The number of aryl methyl sites for hydroxylation is 2. The van der Waals surface area contributed by atoms with Crippen LogP contribution >= 0.6 is 31.9 Å². The van der Waals surface area contributed by atoms with Gasteiger partial charge in [-0.25, -0.2) is 14.2 Å². The molecule has 6 aromatic rings. The minimum atomic E-state index is -1.13. The maximum Gasteiger partial charge on any atom is 0.519 e. The molecule has 0 spiro atoms. The van der Waals surface area contributed by atoms with E-state index in [0.717, 1.165) is 42.8 Å². The highest BCUT2D eigenvalue weighted by atomic mass is 79.9. The average molecular weight is 802 g/mol. The zero-order chi connectivity index (χ0) is 35.5. The van der Waals surface area contributed by atoms with Gasteiger partial charge in [0.2, 0.25) is 0 Å². The lowest BCUT2D eigenvalue weighted by Crippen LogP contribution is -2.16. The van der Waals surface area contributed by atoms with Crippen LogP contribution in [0.4, 0.5) is 16.2 Å². The first-order chi connectivity index (χ1) is 24.0. The predicted octanol–water partition coefficient (Wildman–Crippen LogP) is 8.78. The van der Waals surface area contributed by atoms with Crippen LogP contribution in [-0.2, 0) is 12.8 Å². The molecule has 0 aliphatic carbocycles. The lowest BCUT2D eigenvalue weighted by Gasteiger charge is -2.14. The molecule has 0 bridgehead atoms. The second-order valence-corrected chi connectivity index (χ2v) is 13.1. The molecule has 0 aliphatic rings. The Kier molecular flexibility index (Phi) is 9.88. The van der Waals surface area contributed by atoms with Gasteiger partial charge in [0.1, 0.15) is 11.5 Å². The van der Waals surface area contributed by atoms with Crippen LogP contribution in [0.1, 0.15) is 33.6 Å². The quantitative estimate of drug-likeness (QED) is 0.0572. The fourth-order valence-electron chi connectivity index (χ4n) is 5.34. The second-order valence-electron chi connectivity index (χ2n) is 11.2. The van der Waals surface area contributed by atoms with E-state index >= 15 is 0 Å². The number of non-ortho nitro benzene ring substituents is 2. The number of ether oxygens (including phenoxy) is 2. The van der Waals surface area contributed by atoms with Gasteiger partial charge in [0.25, 0.3) is 11.4 Å². The lowest BCUT2D eigenvalue weighted by molar-refractivity contribution is -0.385. The van der Waals surface area contributed by atoms with E-state index in [4.69, 9.17) is 9.47 Å². The maximum atomic E-state index is 13.3. The molecule has 13 nitrogen and oxygen atoms in total. The molecule has 2 aromatic heterocycles. The molecule has 0 N–H and O–H groups in total. The van der Waals surface area contributed by atoms with Crippen molar-refractivity contribution in [1.29, 1.82) is 0 Å². The molecular formula is C35H26Br2N6O7. The summed E-state index contributed by atoms with van der Waals surface area (Å²) in [5, 5.41) is 32.4. The van der Waals surface area contributed by atoms with Gasteiger partial charge in [0.05, 0.1) is 45.0 Å². The number of hydrogen-bond donors (Lipinski definition) is 0. The largest absolute Gasteiger partial charge is 0.519 e. The van der Waals surface area contributed by atoms with Gasteiger partial charge < -0.3 is 9.47 Å². The van der Waals surface area contributed by atoms with Crippen molar-refractivity contribution in [3.8, 4) is 22.9 Å². The molecule has 0 amide bonds. The molecule has 2 heterocycles. The first-order valence-electron chi connectivity index (χ1n) is 15.0. The Morgan fingerprint density at radius 2 is 1.04 bits per heavy atom. The van der Waals surface area contributed by atoms with Crippen LogP contribution in [0.3, 0.4) is 0 Å². The predicted molar refractivity (Wildman–Crippen MR) is 190 cm³/mol. The first kappa shape index (κ1) is 34.2. The van der Waals surface area contributed by atoms with Crippen LogP contribution in [-0.4, -0.2) is 35.6 Å². The minimum Gasteiger partial charge on any atom is -0.394 e. The summed E-state index contributed by atoms with van der Waals surface area (Å²) in [5.41, 5.74) is 4.93. The van der Waals surface area contributed by atoms with Gasteiger partial charge in [-0.3, -0.25) is 20.2 Å². The number of nitro groups is 2. The summed E-state index contributed by atoms with van der Waals surface area (Å²) in [6.07, 6.45) is 2.50. The Morgan fingerprint density at radius 1 is 0.660 bits per heavy atom. The van der Waals surface area contributed by atoms with E-state index in [1.165, 1.54) is 36.4 Å². The minimum absolute atomic E-state index is 0.0381. The molecule has 0 aliphatic heterocycles. The first-order valence-corrected chi connectivity index (χ1v) is 16.6. The zero-order valence-corrected chi connectivity index (χ0v) is 29.6. The van der Waals surface area contributed by atoms with E-state index < -0.39 is 16.0 Å². The average Bonchev–Trinajstić information content (AvgIpc) is 3.64. The van der Waals surface area contributed by atoms with E-state index in [9.17, 15) is 25.0 Å². The van der Waals surface area contributed by atoms with Crippen molar-refractivity contribution in [2.75, 3.05) is 0 Å². The van der Waals surface area contributed by atoms with Crippen LogP contribution in [0, 0.1) is 34.1 Å². The van der Waals surface area contributed by atoms with Crippen molar-refractivity contribution in [2.24, 2.45) is 0 Å². The summed E-state index contributed by atoms with van der Waals surface area (Å²) in [5.74, 6) is 0.0763. The number of halogens is 2. The Balaban J connectivity index is 1.30. The Labute approximate surface area is 301 Å². The van der Waals surface area contributed by atoms with Crippen molar-refractivity contribution in [3.05, 3.63) is 160 Å². The summed E-state index contributed by atoms with van der Waals surface area (Å²) < 4.78 is 16.5. The zero-order valence-electron chi connectivity index (χ0n) is 26.4. The molecule has 4 aromatic carbocycles. The number of nitrogens with zero attached hydrogens (tertiary/aromatic N) is 6. The smallest absolute Gasteiger partial charge is 0.394 e. The molecule has 0 atom stereocenters. The van der Waals surface area contributed by atoms with E-state index in [2.05, 4.69) is 42.1 Å². The number of rotatable bonds is 10. The van der Waals surface area contributed by atoms with Gasteiger partial charge in [-0.05, 0) is 85.6 Å². The van der Waals surface area contributed by atoms with Gasteiger partial charge in [0.15, 0.2) is 0 Å². The van der Waals surface area contributed by atoms with Gasteiger partial charge in [-0.1, -0.05) is 31.9 Å². The normalized spacial score (nSPS) is 11.0. The SMILES string of the molecule is Cc1cnn(-c2ccc(Br)cc2)c1Cc1cc([N+](=O)[O-])ccc1OC(=O)Oc1ccc([N+](=O)[O-])cc1Cc1c(C)cnn1-c1ccc(Br)cc1. The number of carbonyl (C=O) groups is 1. The van der Waals surface area contributed by atoms with Crippen molar-refractivity contribution in [2.45, 2.75) is 26.7 Å². The summed E-state index contributed by atoms with van der Waals surface area (Å²) in [7, 11) is 0. The lowest BCUT2D eigenvalue weighted by atomic mass is 10.0. The Bertz CT molecular complexity index is 2090. The van der Waals surface area contributed by atoms with Crippen LogP contribution in [0.15, 0.2) is 106 Å². The van der Waals surface area contributed by atoms with Crippen molar-refractivity contribution < 1.29 is 24.1 Å².